The van der Waals surface area contributed by atoms with E-state index in [-0.39, 0.29) is 6.10 Å². The van der Waals surface area contributed by atoms with Gasteiger partial charge in [0, 0.05) is 0 Å². The molecule has 74 valence electrons. The second-order valence-corrected chi connectivity index (χ2v) is 3.25. The molecule has 1 fully saturated rings. The molecule has 1 heterocycles. The molecule has 1 aromatic rings. The third kappa shape index (κ3) is 2.69. The van der Waals surface area contributed by atoms with Gasteiger partial charge in [-0.15, -0.1) is 0 Å². The molecule has 14 heavy (non-hydrogen) atoms. The quantitative estimate of drug-likeness (QED) is 0.711. The van der Waals surface area contributed by atoms with Crippen molar-refractivity contribution in [3.8, 4) is 0 Å². The minimum absolute atomic E-state index is 0.115. The monoisotopic (exact) mass is 190 g/mol. The molecular weight excluding hydrogens is 176 g/mol. The van der Waals surface area contributed by atoms with Crippen molar-refractivity contribution >= 4 is 6.08 Å². The number of ether oxygens (including phenoxy) is 2. The molecule has 0 N–H and O–H groups in total. The van der Waals surface area contributed by atoms with Crippen molar-refractivity contribution in [2.24, 2.45) is 0 Å². The molecule has 1 aliphatic heterocycles. The molecule has 1 aliphatic rings. The van der Waals surface area contributed by atoms with Gasteiger partial charge in [-0.3, -0.25) is 0 Å². The summed E-state index contributed by atoms with van der Waals surface area (Å²) in [4.78, 5) is 0. The van der Waals surface area contributed by atoms with Gasteiger partial charge in [-0.05, 0) is 5.56 Å². The molecule has 1 aromatic carbocycles. The smallest absolute Gasteiger partial charge is 0.0993 e. The lowest BCUT2D eigenvalue weighted by molar-refractivity contribution is -0.0672. The maximum absolute atomic E-state index is 5.49. The topological polar surface area (TPSA) is 18.5 Å². The maximum Gasteiger partial charge on any atom is 0.0993 e. The van der Waals surface area contributed by atoms with Crippen LogP contribution in [0.3, 0.4) is 0 Å². The minimum atomic E-state index is 0.115. The lowest BCUT2D eigenvalue weighted by Crippen LogP contribution is -2.26. The van der Waals surface area contributed by atoms with Crippen molar-refractivity contribution in [3.63, 3.8) is 0 Å². The predicted molar refractivity (Wildman–Crippen MR) is 56.0 cm³/mol. The highest BCUT2D eigenvalue weighted by Crippen LogP contribution is 2.06. The minimum Gasteiger partial charge on any atom is -0.376 e. The van der Waals surface area contributed by atoms with Crippen LogP contribution in [0.25, 0.3) is 6.08 Å². The van der Waals surface area contributed by atoms with E-state index < -0.39 is 0 Å². The van der Waals surface area contributed by atoms with Crippen molar-refractivity contribution in [2.75, 3.05) is 19.8 Å². The maximum atomic E-state index is 5.49. The second kappa shape index (κ2) is 4.94. The average Bonchev–Trinajstić information content (AvgIpc) is 2.29. The van der Waals surface area contributed by atoms with Gasteiger partial charge in [-0.1, -0.05) is 42.5 Å². The van der Waals surface area contributed by atoms with Crippen LogP contribution in [0.4, 0.5) is 0 Å². The summed E-state index contributed by atoms with van der Waals surface area (Å²) in [7, 11) is 0. The normalized spacial score (nSPS) is 22.7. The van der Waals surface area contributed by atoms with Gasteiger partial charge in [0.1, 0.15) is 0 Å². The molecule has 2 heteroatoms. The van der Waals surface area contributed by atoms with E-state index in [9.17, 15) is 0 Å². The molecule has 0 radical (unpaired) electrons. The Morgan fingerprint density at radius 2 is 2.00 bits per heavy atom. The SMILES string of the molecule is C(=CC1COCCO1)c1ccccc1. The second-order valence-electron chi connectivity index (χ2n) is 3.25. The summed E-state index contributed by atoms with van der Waals surface area (Å²) in [5.74, 6) is 0. The first-order chi connectivity index (χ1) is 6.95. The van der Waals surface area contributed by atoms with Crippen LogP contribution in [-0.2, 0) is 9.47 Å². The molecule has 0 aliphatic carbocycles. The van der Waals surface area contributed by atoms with E-state index in [0.717, 1.165) is 6.61 Å². The molecule has 0 bridgehead atoms. The summed E-state index contributed by atoms with van der Waals surface area (Å²) >= 11 is 0. The molecule has 1 saturated heterocycles. The molecule has 1 unspecified atom stereocenters. The van der Waals surface area contributed by atoms with Crippen molar-refractivity contribution < 1.29 is 9.47 Å². The highest BCUT2D eigenvalue weighted by atomic mass is 16.6. The zero-order valence-corrected chi connectivity index (χ0v) is 8.06. The Bertz CT molecular complexity index is 286. The van der Waals surface area contributed by atoms with Gasteiger partial charge in [0.05, 0.1) is 25.9 Å². The van der Waals surface area contributed by atoms with Gasteiger partial charge >= 0.3 is 0 Å². The largest absolute Gasteiger partial charge is 0.376 e. The van der Waals surface area contributed by atoms with Crippen molar-refractivity contribution in [2.45, 2.75) is 6.10 Å². The van der Waals surface area contributed by atoms with E-state index in [1.807, 2.05) is 18.2 Å². The predicted octanol–water partition coefficient (Wildman–Crippen LogP) is 2.12. The number of hydrogen-bond acceptors (Lipinski definition) is 2. The van der Waals surface area contributed by atoms with Gasteiger partial charge in [0.15, 0.2) is 0 Å². The zero-order valence-electron chi connectivity index (χ0n) is 8.06. The molecule has 0 aromatic heterocycles. The van der Waals surface area contributed by atoms with E-state index >= 15 is 0 Å². The fraction of sp³-hybridized carbons (Fsp3) is 0.333. The Kier molecular flexibility index (Phi) is 3.33. The van der Waals surface area contributed by atoms with Crippen molar-refractivity contribution in [1.82, 2.24) is 0 Å². The van der Waals surface area contributed by atoms with Crippen molar-refractivity contribution in [3.05, 3.63) is 42.0 Å². The lowest BCUT2D eigenvalue weighted by atomic mass is 10.2. The first kappa shape index (κ1) is 9.44. The summed E-state index contributed by atoms with van der Waals surface area (Å²) in [6, 6.07) is 10.2. The number of hydrogen-bond donors (Lipinski definition) is 0. The van der Waals surface area contributed by atoms with Crippen LogP contribution in [0.15, 0.2) is 36.4 Å². The van der Waals surface area contributed by atoms with Crippen LogP contribution in [0, 0.1) is 0 Å². The molecule has 0 spiro atoms. The Hall–Kier alpha value is -1.12. The summed E-state index contributed by atoms with van der Waals surface area (Å²) in [6.45, 7) is 2.09. The molecule has 1 atom stereocenters. The molecule has 0 amide bonds. The molecule has 2 nitrogen and oxygen atoms in total. The van der Waals surface area contributed by atoms with E-state index in [2.05, 4.69) is 24.3 Å². The summed E-state index contributed by atoms with van der Waals surface area (Å²) in [5, 5.41) is 0. The Morgan fingerprint density at radius 3 is 2.71 bits per heavy atom. The third-order valence-electron chi connectivity index (χ3n) is 2.14. The van der Waals surface area contributed by atoms with Crippen LogP contribution < -0.4 is 0 Å². The van der Waals surface area contributed by atoms with Crippen LogP contribution in [0.2, 0.25) is 0 Å². The fourth-order valence-corrected chi connectivity index (χ4v) is 1.40. The van der Waals surface area contributed by atoms with Crippen LogP contribution in [0.5, 0.6) is 0 Å². The van der Waals surface area contributed by atoms with Crippen LogP contribution in [-0.4, -0.2) is 25.9 Å². The molecular formula is C12H14O2. The molecule has 0 saturated carbocycles. The highest BCUT2D eigenvalue weighted by Gasteiger charge is 2.09. The average molecular weight is 190 g/mol. The summed E-state index contributed by atoms with van der Waals surface area (Å²) < 4.78 is 10.8. The van der Waals surface area contributed by atoms with E-state index in [1.54, 1.807) is 0 Å². The van der Waals surface area contributed by atoms with Crippen molar-refractivity contribution in [1.29, 1.82) is 0 Å². The lowest BCUT2D eigenvalue weighted by Gasteiger charge is -2.19. The van der Waals surface area contributed by atoms with Crippen LogP contribution in [0.1, 0.15) is 5.56 Å². The highest BCUT2D eigenvalue weighted by molar-refractivity contribution is 5.49. The summed E-state index contributed by atoms with van der Waals surface area (Å²) in [6.07, 6.45) is 4.23. The molecule has 2 rings (SSSR count). The number of benzene rings is 1. The summed E-state index contributed by atoms with van der Waals surface area (Å²) in [5.41, 5.74) is 1.20. The Balaban J connectivity index is 1.93. The van der Waals surface area contributed by atoms with Gasteiger partial charge in [0.25, 0.3) is 0 Å². The standard InChI is InChI=1S/C12H14O2/c1-2-4-11(5-3-1)6-7-12-10-13-8-9-14-12/h1-7,12H,8-10H2. The Labute approximate surface area is 84.2 Å². The van der Waals surface area contributed by atoms with Gasteiger partial charge in [-0.25, -0.2) is 0 Å². The number of rotatable bonds is 2. The van der Waals surface area contributed by atoms with Gasteiger partial charge in [-0.2, -0.15) is 0 Å². The van der Waals surface area contributed by atoms with E-state index in [0.29, 0.717) is 13.2 Å². The fourth-order valence-electron chi connectivity index (χ4n) is 1.40. The first-order valence-corrected chi connectivity index (χ1v) is 4.88. The zero-order chi connectivity index (χ0) is 9.64. The van der Waals surface area contributed by atoms with Gasteiger partial charge < -0.3 is 9.47 Å². The van der Waals surface area contributed by atoms with E-state index in [1.165, 1.54) is 5.56 Å². The van der Waals surface area contributed by atoms with E-state index in [4.69, 9.17) is 9.47 Å². The Morgan fingerprint density at radius 1 is 1.14 bits per heavy atom. The third-order valence-corrected chi connectivity index (χ3v) is 2.14. The van der Waals surface area contributed by atoms with Gasteiger partial charge in [0.2, 0.25) is 0 Å². The first-order valence-electron chi connectivity index (χ1n) is 4.88. The van der Waals surface area contributed by atoms with Crippen LogP contribution >= 0.6 is 0 Å².